The first-order chi connectivity index (χ1) is 9.61. The molecular formula is C15H11ClN4. The monoisotopic (exact) mass is 282 g/mol. The van der Waals surface area contributed by atoms with Crippen LogP contribution in [0.5, 0.6) is 0 Å². The topological polar surface area (TPSA) is 54.5 Å². The Morgan fingerprint density at radius 2 is 1.95 bits per heavy atom. The molecule has 0 fully saturated rings. The smallest absolute Gasteiger partial charge is 0.158 e. The van der Waals surface area contributed by atoms with Crippen LogP contribution in [0.1, 0.15) is 16.7 Å². The molecule has 98 valence electrons. The van der Waals surface area contributed by atoms with Crippen molar-refractivity contribution in [1.29, 1.82) is 5.26 Å². The number of hydrogen-bond donors (Lipinski definition) is 0. The lowest BCUT2D eigenvalue weighted by molar-refractivity contribution is 1.02. The van der Waals surface area contributed by atoms with Crippen LogP contribution in [0.25, 0.3) is 16.9 Å². The predicted molar refractivity (Wildman–Crippen MR) is 78.1 cm³/mol. The van der Waals surface area contributed by atoms with E-state index >= 15 is 0 Å². The molecule has 0 saturated carbocycles. The Morgan fingerprint density at radius 1 is 1.20 bits per heavy atom. The fourth-order valence-electron chi connectivity index (χ4n) is 2.12. The van der Waals surface area contributed by atoms with Crippen molar-refractivity contribution in [3.8, 4) is 11.9 Å². The zero-order valence-electron chi connectivity index (χ0n) is 11.1. The van der Waals surface area contributed by atoms with Crippen LogP contribution < -0.4 is 0 Å². The number of pyridine rings is 1. The quantitative estimate of drug-likeness (QED) is 0.686. The Bertz CT molecular complexity index is 858. The van der Waals surface area contributed by atoms with Crippen LogP contribution in [0.15, 0.2) is 30.7 Å². The summed E-state index contributed by atoms with van der Waals surface area (Å²) in [6.07, 6.45) is 3.26. The average Bonchev–Trinajstić information content (AvgIpc) is 2.82. The summed E-state index contributed by atoms with van der Waals surface area (Å²) < 4.78 is 1.81. The van der Waals surface area contributed by atoms with E-state index < -0.39 is 0 Å². The van der Waals surface area contributed by atoms with E-state index in [0.29, 0.717) is 16.4 Å². The van der Waals surface area contributed by atoms with Crippen molar-refractivity contribution in [2.45, 2.75) is 13.8 Å². The van der Waals surface area contributed by atoms with Crippen molar-refractivity contribution in [2.75, 3.05) is 0 Å². The summed E-state index contributed by atoms with van der Waals surface area (Å²) in [5.74, 6) is 0.525. The number of fused-ring (bicyclic) bond motifs is 1. The van der Waals surface area contributed by atoms with Gasteiger partial charge in [0.15, 0.2) is 5.82 Å². The van der Waals surface area contributed by atoms with Crippen molar-refractivity contribution < 1.29 is 0 Å². The molecule has 3 rings (SSSR count). The molecule has 0 aliphatic carbocycles. The lowest BCUT2D eigenvalue weighted by Crippen LogP contribution is -1.98. The summed E-state index contributed by atoms with van der Waals surface area (Å²) in [6.45, 7) is 4.10. The van der Waals surface area contributed by atoms with Crippen molar-refractivity contribution in [1.82, 2.24) is 14.5 Å². The van der Waals surface area contributed by atoms with Gasteiger partial charge in [0.2, 0.25) is 0 Å². The minimum absolute atomic E-state index is 0.340. The van der Waals surface area contributed by atoms with Crippen molar-refractivity contribution >= 4 is 22.6 Å². The fourth-order valence-corrected chi connectivity index (χ4v) is 2.37. The number of halogens is 1. The molecule has 5 heteroatoms. The Balaban J connectivity index is 2.31. The number of nitriles is 1. The van der Waals surface area contributed by atoms with Crippen molar-refractivity contribution in [3.63, 3.8) is 0 Å². The summed E-state index contributed by atoms with van der Waals surface area (Å²) in [6, 6.07) is 7.74. The molecule has 0 N–H and O–H groups in total. The van der Waals surface area contributed by atoms with Gasteiger partial charge in [0.05, 0.1) is 16.6 Å². The highest BCUT2D eigenvalue weighted by atomic mass is 35.5. The number of aryl methyl sites for hydroxylation is 2. The molecule has 2 heterocycles. The van der Waals surface area contributed by atoms with Gasteiger partial charge in [-0.2, -0.15) is 5.26 Å². The maximum atomic E-state index is 9.05. The van der Waals surface area contributed by atoms with Crippen LogP contribution in [-0.2, 0) is 0 Å². The molecule has 0 amide bonds. The number of hydrogen-bond acceptors (Lipinski definition) is 3. The normalized spacial score (nSPS) is 10.7. The van der Waals surface area contributed by atoms with Gasteiger partial charge in [0.25, 0.3) is 0 Å². The molecule has 0 atom stereocenters. The van der Waals surface area contributed by atoms with Crippen LogP contribution in [0.3, 0.4) is 0 Å². The number of benzene rings is 1. The number of nitrogens with zero attached hydrogens (tertiary/aromatic N) is 4. The lowest BCUT2D eigenvalue weighted by atomic mass is 10.1. The molecule has 3 aromatic rings. The van der Waals surface area contributed by atoms with E-state index in [1.165, 1.54) is 11.1 Å². The highest BCUT2D eigenvalue weighted by molar-refractivity contribution is 6.33. The Hall–Kier alpha value is -2.38. The zero-order valence-corrected chi connectivity index (χ0v) is 11.8. The second kappa shape index (κ2) is 4.62. The van der Waals surface area contributed by atoms with E-state index in [9.17, 15) is 0 Å². The van der Waals surface area contributed by atoms with Gasteiger partial charge in [0, 0.05) is 6.20 Å². The number of aromatic nitrogens is 3. The summed E-state index contributed by atoms with van der Waals surface area (Å²) in [7, 11) is 0. The lowest BCUT2D eigenvalue weighted by Gasteiger charge is -2.07. The molecule has 4 nitrogen and oxygen atoms in total. The average molecular weight is 283 g/mol. The van der Waals surface area contributed by atoms with Gasteiger partial charge in [-0.15, -0.1) is 0 Å². The molecule has 0 bridgehead atoms. The van der Waals surface area contributed by atoms with E-state index in [1.54, 1.807) is 18.6 Å². The number of imidazole rings is 1. The molecule has 0 radical (unpaired) electrons. The molecule has 0 unspecified atom stereocenters. The fraction of sp³-hybridized carbons (Fsp3) is 0.133. The molecular weight excluding hydrogens is 272 g/mol. The maximum absolute atomic E-state index is 9.05. The second-order valence-corrected chi connectivity index (χ2v) is 5.03. The van der Waals surface area contributed by atoms with E-state index in [0.717, 1.165) is 11.0 Å². The molecule has 2 aromatic heterocycles. The largest absolute Gasteiger partial charge is 0.282 e. The van der Waals surface area contributed by atoms with Gasteiger partial charge < -0.3 is 0 Å². The zero-order chi connectivity index (χ0) is 14.3. The molecule has 0 aliphatic rings. The Kier molecular flexibility index (Phi) is 2.92. The van der Waals surface area contributed by atoms with Gasteiger partial charge >= 0.3 is 0 Å². The van der Waals surface area contributed by atoms with E-state index in [2.05, 4.69) is 29.0 Å². The van der Waals surface area contributed by atoms with Gasteiger partial charge in [-0.3, -0.25) is 4.57 Å². The predicted octanol–water partition coefficient (Wildman–Crippen LogP) is 3.56. The third-order valence-corrected chi connectivity index (χ3v) is 3.75. The van der Waals surface area contributed by atoms with Crippen molar-refractivity contribution in [3.05, 3.63) is 52.4 Å². The van der Waals surface area contributed by atoms with Crippen LogP contribution in [0.2, 0.25) is 5.02 Å². The SMILES string of the molecule is Cc1cc2ncn(-c3nccc(C#N)c3Cl)c2cc1C. The first-order valence-corrected chi connectivity index (χ1v) is 6.49. The van der Waals surface area contributed by atoms with Crippen LogP contribution >= 0.6 is 11.6 Å². The van der Waals surface area contributed by atoms with Crippen LogP contribution in [0, 0.1) is 25.2 Å². The van der Waals surface area contributed by atoms with Gasteiger partial charge in [-0.05, 0) is 43.2 Å². The molecule has 0 spiro atoms. The van der Waals surface area contributed by atoms with E-state index in [4.69, 9.17) is 16.9 Å². The van der Waals surface area contributed by atoms with E-state index in [-0.39, 0.29) is 0 Å². The summed E-state index contributed by atoms with van der Waals surface area (Å²) in [5, 5.41) is 9.39. The van der Waals surface area contributed by atoms with Crippen LogP contribution in [0.4, 0.5) is 0 Å². The molecule has 20 heavy (non-hydrogen) atoms. The highest BCUT2D eigenvalue weighted by Crippen LogP contribution is 2.26. The summed E-state index contributed by atoms with van der Waals surface area (Å²) in [5.41, 5.74) is 4.58. The molecule has 0 aliphatic heterocycles. The third kappa shape index (κ3) is 1.84. The third-order valence-electron chi connectivity index (χ3n) is 3.38. The minimum atomic E-state index is 0.340. The summed E-state index contributed by atoms with van der Waals surface area (Å²) in [4.78, 5) is 8.65. The van der Waals surface area contributed by atoms with Gasteiger partial charge in [-0.1, -0.05) is 11.6 Å². The van der Waals surface area contributed by atoms with Gasteiger partial charge in [-0.25, -0.2) is 9.97 Å². The van der Waals surface area contributed by atoms with Crippen molar-refractivity contribution in [2.24, 2.45) is 0 Å². The standard InChI is InChI=1S/C15H11ClN4/c1-9-5-12-13(6-10(9)2)20(8-19-12)15-14(16)11(7-17)3-4-18-15/h3-6,8H,1-2H3. The first kappa shape index (κ1) is 12.6. The van der Waals surface area contributed by atoms with Crippen LogP contribution in [-0.4, -0.2) is 14.5 Å². The Morgan fingerprint density at radius 3 is 2.70 bits per heavy atom. The second-order valence-electron chi connectivity index (χ2n) is 4.65. The highest BCUT2D eigenvalue weighted by Gasteiger charge is 2.13. The Labute approximate surface area is 121 Å². The van der Waals surface area contributed by atoms with E-state index in [1.807, 2.05) is 17.6 Å². The first-order valence-electron chi connectivity index (χ1n) is 6.11. The van der Waals surface area contributed by atoms with Gasteiger partial charge in [0.1, 0.15) is 17.4 Å². The summed E-state index contributed by atoms with van der Waals surface area (Å²) >= 11 is 6.24. The number of rotatable bonds is 1. The minimum Gasteiger partial charge on any atom is -0.282 e. The molecule has 0 saturated heterocycles. The maximum Gasteiger partial charge on any atom is 0.158 e. The molecule has 1 aromatic carbocycles.